The Morgan fingerprint density at radius 3 is 2.86 bits per heavy atom. The first-order valence-corrected chi connectivity index (χ1v) is 7.37. The fourth-order valence-electron chi connectivity index (χ4n) is 2.19. The highest BCUT2D eigenvalue weighted by Crippen LogP contribution is 2.29. The van der Waals surface area contributed by atoms with E-state index in [1.165, 1.54) is 0 Å². The van der Waals surface area contributed by atoms with Crippen LogP contribution in [0, 0.1) is 6.92 Å². The minimum absolute atomic E-state index is 0.117. The van der Waals surface area contributed by atoms with Crippen molar-refractivity contribution in [3.8, 4) is 0 Å². The van der Waals surface area contributed by atoms with E-state index in [1.54, 1.807) is 12.3 Å². The van der Waals surface area contributed by atoms with Gasteiger partial charge in [0.05, 0.1) is 12.8 Å². The maximum Gasteiger partial charge on any atom is 0.322 e. The number of benzene rings is 1. The summed E-state index contributed by atoms with van der Waals surface area (Å²) in [6, 6.07) is 9.42. The second-order valence-electron chi connectivity index (χ2n) is 5.33. The van der Waals surface area contributed by atoms with Gasteiger partial charge in [0.1, 0.15) is 5.76 Å². The number of hydrogen-bond acceptors (Lipinski definition) is 2. The lowest BCUT2D eigenvalue weighted by atomic mass is 10.2. The molecule has 1 aliphatic rings. The van der Waals surface area contributed by atoms with Gasteiger partial charge in [-0.05, 0) is 49.6 Å². The van der Waals surface area contributed by atoms with E-state index in [-0.39, 0.29) is 6.03 Å². The van der Waals surface area contributed by atoms with Crippen molar-refractivity contribution in [3.05, 3.63) is 52.9 Å². The smallest absolute Gasteiger partial charge is 0.322 e. The molecule has 0 aliphatic heterocycles. The van der Waals surface area contributed by atoms with E-state index in [4.69, 9.17) is 16.0 Å². The maximum atomic E-state index is 12.4. The number of hydrogen-bond donors (Lipinski definition) is 1. The summed E-state index contributed by atoms with van der Waals surface area (Å²) in [6.07, 6.45) is 3.71. The third kappa shape index (κ3) is 3.39. The van der Waals surface area contributed by atoms with Crippen molar-refractivity contribution in [2.45, 2.75) is 32.4 Å². The summed E-state index contributed by atoms with van der Waals surface area (Å²) >= 11 is 6.09. The zero-order valence-corrected chi connectivity index (χ0v) is 12.6. The van der Waals surface area contributed by atoms with Crippen LogP contribution in [0.1, 0.15) is 24.2 Å². The molecular formula is C16H17ClN2O2. The van der Waals surface area contributed by atoms with E-state index in [9.17, 15) is 4.79 Å². The molecule has 1 heterocycles. The number of furan rings is 1. The van der Waals surface area contributed by atoms with Gasteiger partial charge in [-0.2, -0.15) is 0 Å². The van der Waals surface area contributed by atoms with Crippen LogP contribution >= 0.6 is 11.6 Å². The van der Waals surface area contributed by atoms with E-state index in [2.05, 4.69) is 5.32 Å². The number of nitrogens with one attached hydrogen (secondary N) is 1. The lowest BCUT2D eigenvalue weighted by molar-refractivity contribution is 0.201. The fraction of sp³-hybridized carbons (Fsp3) is 0.312. The number of anilines is 1. The van der Waals surface area contributed by atoms with Crippen molar-refractivity contribution < 1.29 is 9.21 Å². The van der Waals surface area contributed by atoms with Crippen LogP contribution in [0.15, 0.2) is 41.0 Å². The molecule has 110 valence electrons. The number of amides is 2. The molecule has 2 amide bonds. The predicted molar refractivity (Wildman–Crippen MR) is 82.5 cm³/mol. The number of aryl methyl sites for hydroxylation is 1. The zero-order chi connectivity index (χ0) is 14.8. The van der Waals surface area contributed by atoms with E-state index in [0.29, 0.717) is 23.3 Å². The summed E-state index contributed by atoms with van der Waals surface area (Å²) in [5.41, 5.74) is 1.70. The van der Waals surface area contributed by atoms with Gasteiger partial charge in [0.25, 0.3) is 0 Å². The highest BCUT2D eigenvalue weighted by molar-refractivity contribution is 6.31. The molecule has 3 rings (SSSR count). The maximum absolute atomic E-state index is 12.4. The number of urea groups is 1. The van der Waals surface area contributed by atoms with Gasteiger partial charge in [0.15, 0.2) is 0 Å². The van der Waals surface area contributed by atoms with Crippen molar-refractivity contribution in [2.24, 2.45) is 0 Å². The Morgan fingerprint density at radius 2 is 2.24 bits per heavy atom. The van der Waals surface area contributed by atoms with E-state index >= 15 is 0 Å². The Labute approximate surface area is 128 Å². The first-order valence-electron chi connectivity index (χ1n) is 6.99. The van der Waals surface area contributed by atoms with Gasteiger partial charge in [0.2, 0.25) is 0 Å². The molecule has 1 aliphatic carbocycles. The standard InChI is InChI=1S/C16H17ClN2O2/c1-11-4-5-12(9-15(11)17)18-16(20)19(13-6-7-13)10-14-3-2-8-21-14/h2-5,8-9,13H,6-7,10H2,1H3,(H,18,20). The molecule has 0 spiro atoms. The van der Waals surface area contributed by atoms with Gasteiger partial charge in [-0.25, -0.2) is 4.79 Å². The first-order chi connectivity index (χ1) is 10.1. The van der Waals surface area contributed by atoms with E-state index < -0.39 is 0 Å². The van der Waals surface area contributed by atoms with Crippen LogP contribution < -0.4 is 5.32 Å². The molecule has 0 radical (unpaired) electrons. The molecule has 1 aromatic carbocycles. The highest BCUT2D eigenvalue weighted by atomic mass is 35.5. The zero-order valence-electron chi connectivity index (χ0n) is 11.8. The first kappa shape index (κ1) is 14.0. The molecule has 21 heavy (non-hydrogen) atoms. The van der Waals surface area contributed by atoms with Crippen LogP contribution in [-0.2, 0) is 6.54 Å². The van der Waals surface area contributed by atoms with Gasteiger partial charge >= 0.3 is 6.03 Å². The lowest BCUT2D eigenvalue weighted by Gasteiger charge is -2.22. The molecule has 0 saturated heterocycles. The largest absolute Gasteiger partial charge is 0.467 e. The SMILES string of the molecule is Cc1ccc(NC(=O)N(Cc2ccco2)C2CC2)cc1Cl. The Morgan fingerprint density at radius 1 is 1.43 bits per heavy atom. The molecule has 1 N–H and O–H groups in total. The normalized spacial score (nSPS) is 14.0. The average Bonchev–Trinajstić information content (AvgIpc) is 3.16. The molecule has 1 saturated carbocycles. The van der Waals surface area contributed by atoms with Crippen molar-refractivity contribution in [3.63, 3.8) is 0 Å². The number of rotatable bonds is 4. The van der Waals surface area contributed by atoms with Crippen LogP contribution in [0.2, 0.25) is 5.02 Å². The second-order valence-corrected chi connectivity index (χ2v) is 5.74. The van der Waals surface area contributed by atoms with Crippen molar-refractivity contribution in [1.82, 2.24) is 4.90 Å². The summed E-state index contributed by atoms with van der Waals surface area (Å²) < 4.78 is 5.33. The Bertz CT molecular complexity index is 636. The van der Waals surface area contributed by atoms with E-state index in [0.717, 1.165) is 24.2 Å². The fourth-order valence-corrected chi connectivity index (χ4v) is 2.37. The molecule has 5 heteroatoms. The Kier molecular flexibility index (Phi) is 3.88. The third-order valence-corrected chi connectivity index (χ3v) is 3.99. The summed E-state index contributed by atoms with van der Waals surface area (Å²) in [5.74, 6) is 0.791. The highest BCUT2D eigenvalue weighted by Gasteiger charge is 2.33. The third-order valence-electron chi connectivity index (χ3n) is 3.58. The minimum Gasteiger partial charge on any atom is -0.467 e. The number of halogens is 1. The summed E-state index contributed by atoms with van der Waals surface area (Å²) in [5, 5.41) is 3.55. The number of carbonyl (C=O) groups excluding carboxylic acids is 1. The Hall–Kier alpha value is -1.94. The van der Waals surface area contributed by atoms with Crippen molar-refractivity contribution >= 4 is 23.3 Å². The van der Waals surface area contributed by atoms with Gasteiger partial charge in [-0.15, -0.1) is 0 Å². The molecule has 4 nitrogen and oxygen atoms in total. The molecule has 1 aromatic heterocycles. The second kappa shape index (κ2) is 5.82. The predicted octanol–water partition coefficient (Wildman–Crippen LogP) is 4.44. The molecule has 0 bridgehead atoms. The Balaban J connectivity index is 1.70. The molecule has 0 unspecified atom stereocenters. The van der Waals surface area contributed by atoms with Crippen LogP contribution in [0.5, 0.6) is 0 Å². The van der Waals surface area contributed by atoms with Crippen LogP contribution in [0.3, 0.4) is 0 Å². The van der Waals surface area contributed by atoms with Gasteiger partial charge < -0.3 is 14.6 Å². The summed E-state index contributed by atoms with van der Waals surface area (Å²) in [6.45, 7) is 2.42. The van der Waals surface area contributed by atoms with Crippen LogP contribution in [0.4, 0.5) is 10.5 Å². The average molecular weight is 305 g/mol. The summed E-state index contributed by atoms with van der Waals surface area (Å²) in [7, 11) is 0. The number of nitrogens with zero attached hydrogens (tertiary/aromatic N) is 1. The van der Waals surface area contributed by atoms with Gasteiger partial charge in [0, 0.05) is 16.8 Å². The van der Waals surface area contributed by atoms with Gasteiger partial charge in [-0.1, -0.05) is 17.7 Å². The molecule has 1 fully saturated rings. The number of carbonyl (C=O) groups is 1. The van der Waals surface area contributed by atoms with Gasteiger partial charge in [-0.3, -0.25) is 0 Å². The summed E-state index contributed by atoms with van der Waals surface area (Å²) in [4.78, 5) is 14.3. The topological polar surface area (TPSA) is 45.5 Å². The monoisotopic (exact) mass is 304 g/mol. The minimum atomic E-state index is -0.117. The lowest BCUT2D eigenvalue weighted by Crippen LogP contribution is -2.36. The van der Waals surface area contributed by atoms with Crippen molar-refractivity contribution in [1.29, 1.82) is 0 Å². The quantitative estimate of drug-likeness (QED) is 0.907. The van der Waals surface area contributed by atoms with Crippen LogP contribution in [-0.4, -0.2) is 17.0 Å². The van der Waals surface area contributed by atoms with E-state index in [1.807, 2.05) is 36.1 Å². The molecule has 0 atom stereocenters. The van der Waals surface area contributed by atoms with Crippen LogP contribution in [0.25, 0.3) is 0 Å². The molecule has 2 aromatic rings. The molecular weight excluding hydrogens is 288 g/mol. The van der Waals surface area contributed by atoms with Crippen molar-refractivity contribution in [2.75, 3.05) is 5.32 Å².